The minimum atomic E-state index is -0.734. The number of likely N-dealkylation sites (N-methyl/N-ethyl adjacent to an activating group) is 2. The largest absolute Gasteiger partial charge is 0.347 e. The van der Waals surface area contributed by atoms with Crippen molar-refractivity contribution in [2.45, 2.75) is 38.1 Å². The second-order valence-electron chi connectivity index (χ2n) is 4.97. The van der Waals surface area contributed by atoms with Gasteiger partial charge in [0.1, 0.15) is 0 Å². The van der Waals surface area contributed by atoms with Gasteiger partial charge in [0.05, 0.1) is 12.1 Å². The normalized spacial score (nSPS) is 17.9. The van der Waals surface area contributed by atoms with Gasteiger partial charge >= 0.3 is 0 Å². The highest BCUT2D eigenvalue weighted by molar-refractivity contribution is 5.90. The lowest BCUT2D eigenvalue weighted by atomic mass is 9.97. The molecule has 17 heavy (non-hydrogen) atoms. The van der Waals surface area contributed by atoms with Crippen molar-refractivity contribution < 1.29 is 9.59 Å². The number of carbonyl (C=O) groups is 2. The number of rotatable bonds is 4. The Labute approximate surface area is 103 Å². The molecule has 1 aliphatic carbocycles. The van der Waals surface area contributed by atoms with Gasteiger partial charge in [-0.25, -0.2) is 0 Å². The first kappa shape index (κ1) is 14.0. The van der Waals surface area contributed by atoms with Gasteiger partial charge in [-0.05, 0) is 19.8 Å². The van der Waals surface area contributed by atoms with Gasteiger partial charge in [-0.1, -0.05) is 12.8 Å². The lowest BCUT2D eigenvalue weighted by Crippen LogP contribution is -2.55. The third kappa shape index (κ3) is 3.19. The molecule has 0 aromatic rings. The molecular weight excluding hydrogens is 218 g/mol. The maximum atomic E-state index is 12.3. The van der Waals surface area contributed by atoms with Crippen molar-refractivity contribution in [3.8, 4) is 0 Å². The number of amides is 2. The molecule has 5 heteroatoms. The Balaban J connectivity index is 2.67. The molecule has 2 N–H and O–H groups in total. The highest BCUT2D eigenvalue weighted by atomic mass is 16.2. The summed E-state index contributed by atoms with van der Waals surface area (Å²) in [5.41, 5.74) is 5.38. The lowest BCUT2D eigenvalue weighted by Gasteiger charge is -2.31. The van der Waals surface area contributed by atoms with Crippen molar-refractivity contribution in [3.63, 3.8) is 0 Å². The summed E-state index contributed by atoms with van der Waals surface area (Å²) in [5, 5.41) is 0. The van der Waals surface area contributed by atoms with Gasteiger partial charge in [-0.2, -0.15) is 0 Å². The van der Waals surface area contributed by atoms with Gasteiger partial charge in [-0.15, -0.1) is 0 Å². The summed E-state index contributed by atoms with van der Waals surface area (Å²) in [5.74, 6) is -0.144. The van der Waals surface area contributed by atoms with Crippen molar-refractivity contribution in [1.82, 2.24) is 9.80 Å². The minimum absolute atomic E-state index is 0.0678. The maximum Gasteiger partial charge on any atom is 0.243 e. The fourth-order valence-corrected chi connectivity index (χ4v) is 2.17. The van der Waals surface area contributed by atoms with Crippen LogP contribution in [0.2, 0.25) is 0 Å². The smallest absolute Gasteiger partial charge is 0.243 e. The van der Waals surface area contributed by atoms with E-state index in [1.165, 1.54) is 4.90 Å². The zero-order chi connectivity index (χ0) is 13.1. The summed E-state index contributed by atoms with van der Waals surface area (Å²) < 4.78 is 0. The number of nitrogens with zero attached hydrogens (tertiary/aromatic N) is 2. The first-order chi connectivity index (χ1) is 7.90. The summed E-state index contributed by atoms with van der Waals surface area (Å²) in [6, 6.07) is 0. The SMILES string of the molecule is CCN(CC(=O)N(C)C)C(=O)C1(N)CCCC1. The maximum absolute atomic E-state index is 12.3. The molecule has 98 valence electrons. The molecule has 0 heterocycles. The van der Waals surface area contributed by atoms with Crippen LogP contribution in [0, 0.1) is 0 Å². The molecule has 1 saturated carbocycles. The van der Waals surface area contributed by atoms with E-state index >= 15 is 0 Å². The highest BCUT2D eigenvalue weighted by Gasteiger charge is 2.39. The number of hydrogen-bond donors (Lipinski definition) is 1. The van der Waals surface area contributed by atoms with Crippen molar-refractivity contribution >= 4 is 11.8 Å². The van der Waals surface area contributed by atoms with Crippen LogP contribution < -0.4 is 5.73 Å². The molecule has 1 aliphatic rings. The molecule has 0 radical (unpaired) electrons. The molecule has 0 bridgehead atoms. The average Bonchev–Trinajstić information content (AvgIpc) is 2.72. The third-order valence-corrected chi connectivity index (χ3v) is 3.42. The van der Waals surface area contributed by atoms with Crippen molar-refractivity contribution in [2.24, 2.45) is 5.73 Å². The molecular formula is C12H23N3O2. The van der Waals surface area contributed by atoms with Crippen LogP contribution in [0.5, 0.6) is 0 Å². The molecule has 1 rings (SSSR count). The summed E-state index contributed by atoms with van der Waals surface area (Å²) in [4.78, 5) is 27.0. The Hall–Kier alpha value is -1.10. The zero-order valence-electron chi connectivity index (χ0n) is 11.0. The number of carbonyl (C=O) groups excluding carboxylic acids is 2. The van der Waals surface area contributed by atoms with E-state index in [4.69, 9.17) is 5.73 Å². The van der Waals surface area contributed by atoms with Gasteiger partial charge in [0.2, 0.25) is 11.8 Å². The summed E-state index contributed by atoms with van der Waals surface area (Å²) in [6.07, 6.45) is 3.47. The van der Waals surface area contributed by atoms with Gasteiger partial charge in [0, 0.05) is 20.6 Å². The Morgan fingerprint density at radius 3 is 2.18 bits per heavy atom. The second kappa shape index (κ2) is 5.49. The van der Waals surface area contributed by atoms with Gasteiger partial charge < -0.3 is 15.5 Å². The average molecular weight is 241 g/mol. The minimum Gasteiger partial charge on any atom is -0.347 e. The van der Waals surface area contributed by atoms with E-state index in [0.717, 1.165) is 25.7 Å². The second-order valence-corrected chi connectivity index (χ2v) is 4.97. The van der Waals surface area contributed by atoms with E-state index in [1.54, 1.807) is 19.0 Å². The van der Waals surface area contributed by atoms with Gasteiger partial charge in [-0.3, -0.25) is 9.59 Å². The molecule has 5 nitrogen and oxygen atoms in total. The van der Waals surface area contributed by atoms with Crippen molar-refractivity contribution in [1.29, 1.82) is 0 Å². The predicted octanol–water partition coefficient (Wildman–Crippen LogP) is 0.195. The monoisotopic (exact) mass is 241 g/mol. The van der Waals surface area contributed by atoms with E-state index < -0.39 is 5.54 Å². The lowest BCUT2D eigenvalue weighted by molar-refractivity contribution is -0.142. The summed E-state index contributed by atoms with van der Waals surface area (Å²) >= 11 is 0. The van der Waals surface area contributed by atoms with Crippen LogP contribution in [-0.2, 0) is 9.59 Å². The van der Waals surface area contributed by atoms with Crippen LogP contribution in [0.25, 0.3) is 0 Å². The predicted molar refractivity (Wildman–Crippen MR) is 66.3 cm³/mol. The standard InChI is InChI=1S/C12H23N3O2/c1-4-15(9-10(16)14(2)3)11(17)12(13)7-5-6-8-12/h4-9,13H2,1-3H3. The summed E-state index contributed by atoms with van der Waals surface area (Å²) in [6.45, 7) is 2.53. The fraction of sp³-hybridized carbons (Fsp3) is 0.833. The van der Waals surface area contributed by atoms with Crippen LogP contribution in [0.4, 0.5) is 0 Å². The molecule has 0 saturated heterocycles. The van der Waals surface area contributed by atoms with Gasteiger partial charge in [0.25, 0.3) is 0 Å². The molecule has 0 spiro atoms. The van der Waals surface area contributed by atoms with Crippen molar-refractivity contribution in [2.75, 3.05) is 27.2 Å². The third-order valence-electron chi connectivity index (χ3n) is 3.42. The fourth-order valence-electron chi connectivity index (χ4n) is 2.17. The van der Waals surface area contributed by atoms with Crippen LogP contribution in [0.15, 0.2) is 0 Å². The Bertz CT molecular complexity index is 296. The molecule has 1 fully saturated rings. The zero-order valence-corrected chi connectivity index (χ0v) is 11.0. The first-order valence-corrected chi connectivity index (χ1v) is 6.19. The quantitative estimate of drug-likeness (QED) is 0.764. The van der Waals surface area contributed by atoms with E-state index in [2.05, 4.69) is 0 Å². The molecule has 0 aromatic heterocycles. The Morgan fingerprint density at radius 1 is 1.24 bits per heavy atom. The Kier molecular flexibility index (Phi) is 4.51. The molecule has 0 atom stereocenters. The van der Waals surface area contributed by atoms with Crippen LogP contribution in [0.1, 0.15) is 32.6 Å². The summed E-state index contributed by atoms with van der Waals surface area (Å²) in [7, 11) is 3.38. The highest BCUT2D eigenvalue weighted by Crippen LogP contribution is 2.28. The Morgan fingerprint density at radius 2 is 1.76 bits per heavy atom. The van der Waals surface area contributed by atoms with Gasteiger partial charge in [0.15, 0.2) is 0 Å². The molecule has 0 aromatic carbocycles. The molecule has 0 unspecified atom stereocenters. The van der Waals surface area contributed by atoms with E-state index in [9.17, 15) is 9.59 Å². The molecule has 2 amide bonds. The van der Waals surface area contributed by atoms with E-state index in [0.29, 0.717) is 6.54 Å². The number of hydrogen-bond acceptors (Lipinski definition) is 3. The van der Waals surface area contributed by atoms with E-state index in [1.807, 2.05) is 6.92 Å². The first-order valence-electron chi connectivity index (χ1n) is 6.19. The van der Waals surface area contributed by atoms with Crippen LogP contribution >= 0.6 is 0 Å². The van der Waals surface area contributed by atoms with Crippen LogP contribution in [0.3, 0.4) is 0 Å². The molecule has 0 aliphatic heterocycles. The van der Waals surface area contributed by atoms with Crippen molar-refractivity contribution in [3.05, 3.63) is 0 Å². The number of nitrogens with two attached hydrogens (primary N) is 1. The van der Waals surface area contributed by atoms with E-state index in [-0.39, 0.29) is 18.4 Å². The topological polar surface area (TPSA) is 66.6 Å². The van der Waals surface area contributed by atoms with Crippen LogP contribution in [-0.4, -0.2) is 54.3 Å².